The van der Waals surface area contributed by atoms with Crippen molar-refractivity contribution < 1.29 is 13.9 Å². The highest BCUT2D eigenvalue weighted by atomic mass is 19.1. The average Bonchev–Trinajstić information content (AvgIpc) is 2.78. The summed E-state index contributed by atoms with van der Waals surface area (Å²) in [6.45, 7) is 7.38. The average molecular weight is 441 g/mol. The molecule has 0 unspecified atom stereocenters. The Balaban J connectivity index is 1.38. The Hall–Kier alpha value is -2.93. The number of nitrogens with one attached hydrogen (secondary N) is 3. The van der Waals surface area contributed by atoms with Gasteiger partial charge >= 0.3 is 0 Å². The van der Waals surface area contributed by atoms with E-state index in [2.05, 4.69) is 15.5 Å². The Bertz CT molecular complexity index is 893. The highest BCUT2D eigenvalue weighted by Crippen LogP contribution is 2.18. The van der Waals surface area contributed by atoms with Gasteiger partial charge in [-0.25, -0.2) is 4.39 Å². The lowest BCUT2D eigenvalue weighted by Crippen LogP contribution is -2.46. The van der Waals surface area contributed by atoms with E-state index >= 15 is 0 Å². The predicted octanol–water partition coefficient (Wildman–Crippen LogP) is 4.06. The van der Waals surface area contributed by atoms with Gasteiger partial charge in [0, 0.05) is 43.0 Å². The lowest BCUT2D eigenvalue weighted by Gasteiger charge is -2.32. The van der Waals surface area contributed by atoms with E-state index < -0.39 is 0 Å². The molecule has 2 aromatic carbocycles. The summed E-state index contributed by atoms with van der Waals surface area (Å²) < 4.78 is 18.6. The summed E-state index contributed by atoms with van der Waals surface area (Å²) in [5.74, 6) is 0.0912. The summed E-state index contributed by atoms with van der Waals surface area (Å²) in [5.41, 5.74) is 1.42. The van der Waals surface area contributed by atoms with Gasteiger partial charge in [0.1, 0.15) is 17.3 Å². The molecule has 0 atom stereocenters. The molecule has 6 nitrogen and oxygen atoms in total. The molecule has 0 spiro atoms. The zero-order chi connectivity index (χ0) is 22.9. The van der Waals surface area contributed by atoms with Crippen molar-refractivity contribution in [2.24, 2.45) is 0 Å². The maximum atomic E-state index is 12.9. The van der Waals surface area contributed by atoms with Crippen LogP contribution in [0.3, 0.4) is 0 Å². The molecule has 7 heteroatoms. The molecule has 1 aliphatic heterocycles. The molecule has 1 fully saturated rings. The third kappa shape index (κ3) is 7.05. The van der Waals surface area contributed by atoms with E-state index in [0.717, 1.165) is 44.6 Å². The van der Waals surface area contributed by atoms with Crippen LogP contribution in [-0.4, -0.2) is 54.8 Å². The molecule has 1 amide bonds. The number of piperidine rings is 1. The quantitative estimate of drug-likeness (QED) is 0.385. The molecule has 172 valence electrons. The van der Waals surface area contributed by atoms with Gasteiger partial charge in [-0.3, -0.25) is 10.2 Å². The fraction of sp³-hybridized carbons (Fsp3) is 0.440. The summed E-state index contributed by atoms with van der Waals surface area (Å²) in [6.07, 6.45) is 2.62. The molecule has 32 heavy (non-hydrogen) atoms. The highest BCUT2D eigenvalue weighted by Gasteiger charge is 2.23. The number of nitrogens with zero attached hydrogens (tertiary/aromatic N) is 1. The smallest absolute Gasteiger partial charge is 0.270 e. The number of hydrogen-bond donors (Lipinski definition) is 3. The van der Waals surface area contributed by atoms with Crippen LogP contribution in [0.2, 0.25) is 0 Å². The summed E-state index contributed by atoms with van der Waals surface area (Å²) in [6, 6.07) is 13.8. The zero-order valence-electron chi connectivity index (χ0n) is 18.9. The number of likely N-dealkylation sites (tertiary alicyclic amines) is 1. The first-order valence-electron chi connectivity index (χ1n) is 11.3. The van der Waals surface area contributed by atoms with Gasteiger partial charge in [0.2, 0.25) is 0 Å². The lowest BCUT2D eigenvalue weighted by atomic mass is 10.0. The van der Waals surface area contributed by atoms with Crippen molar-refractivity contribution in [1.29, 1.82) is 5.41 Å². The monoisotopic (exact) mass is 440 g/mol. The third-order valence-corrected chi connectivity index (χ3v) is 5.49. The molecular formula is C25H33FN4O2. The van der Waals surface area contributed by atoms with Crippen molar-refractivity contribution >= 4 is 17.3 Å². The molecule has 0 radical (unpaired) electrons. The summed E-state index contributed by atoms with van der Waals surface area (Å²) in [7, 11) is 0. The minimum atomic E-state index is -0.325. The van der Waals surface area contributed by atoms with Gasteiger partial charge in [-0.15, -0.1) is 0 Å². The van der Waals surface area contributed by atoms with Gasteiger partial charge in [0.05, 0.1) is 6.61 Å². The summed E-state index contributed by atoms with van der Waals surface area (Å²) in [4.78, 5) is 15.0. The van der Waals surface area contributed by atoms with Crippen LogP contribution in [0.4, 0.5) is 10.1 Å². The molecule has 0 bridgehead atoms. The normalized spacial score (nSPS) is 14.9. The van der Waals surface area contributed by atoms with Crippen molar-refractivity contribution in [1.82, 2.24) is 10.2 Å². The van der Waals surface area contributed by atoms with Crippen LogP contribution in [0.1, 0.15) is 38.7 Å². The standard InChI is InChI=1S/C25H33FN4O2/c1-18(2)28-23-7-4-3-6-22(23)24(27)25(31)29-20-12-15-30(16-13-20)14-5-17-32-21-10-8-19(26)9-11-21/h3-4,6-11,18,20,27-28H,5,12-17H2,1-2H3,(H,29,31). The fourth-order valence-electron chi connectivity index (χ4n) is 3.83. The van der Waals surface area contributed by atoms with Crippen LogP contribution < -0.4 is 15.4 Å². The second-order valence-electron chi connectivity index (χ2n) is 8.46. The maximum absolute atomic E-state index is 12.9. The minimum absolute atomic E-state index is 0.00544. The van der Waals surface area contributed by atoms with Gasteiger partial charge in [0.15, 0.2) is 0 Å². The van der Waals surface area contributed by atoms with Crippen LogP contribution in [-0.2, 0) is 4.79 Å². The Morgan fingerprint density at radius 2 is 1.84 bits per heavy atom. The number of amides is 1. The molecular weight excluding hydrogens is 407 g/mol. The van der Waals surface area contributed by atoms with E-state index in [1.807, 2.05) is 38.1 Å². The number of ether oxygens (including phenoxy) is 1. The Morgan fingerprint density at radius 1 is 1.16 bits per heavy atom. The number of para-hydroxylation sites is 1. The van der Waals surface area contributed by atoms with Crippen LogP contribution in [0.25, 0.3) is 0 Å². The molecule has 0 aliphatic carbocycles. The second kappa shape index (κ2) is 11.6. The number of benzene rings is 2. The largest absolute Gasteiger partial charge is 0.494 e. The van der Waals surface area contributed by atoms with E-state index in [0.29, 0.717) is 17.9 Å². The van der Waals surface area contributed by atoms with Crippen molar-refractivity contribution in [2.75, 3.05) is 31.6 Å². The highest BCUT2D eigenvalue weighted by molar-refractivity contribution is 6.45. The van der Waals surface area contributed by atoms with E-state index in [9.17, 15) is 9.18 Å². The maximum Gasteiger partial charge on any atom is 0.270 e. The zero-order valence-corrected chi connectivity index (χ0v) is 18.9. The molecule has 1 saturated heterocycles. The van der Waals surface area contributed by atoms with Crippen molar-refractivity contribution in [3.8, 4) is 5.75 Å². The van der Waals surface area contributed by atoms with Gasteiger partial charge in [-0.1, -0.05) is 18.2 Å². The second-order valence-corrected chi connectivity index (χ2v) is 8.46. The Morgan fingerprint density at radius 3 is 2.53 bits per heavy atom. The number of hydrogen-bond acceptors (Lipinski definition) is 5. The van der Waals surface area contributed by atoms with Crippen LogP contribution >= 0.6 is 0 Å². The minimum Gasteiger partial charge on any atom is -0.494 e. The van der Waals surface area contributed by atoms with E-state index in [1.165, 1.54) is 12.1 Å². The van der Waals surface area contributed by atoms with Crippen molar-refractivity contribution in [3.63, 3.8) is 0 Å². The SMILES string of the molecule is CC(C)Nc1ccccc1C(=N)C(=O)NC1CCN(CCCOc2ccc(F)cc2)CC1. The van der Waals surface area contributed by atoms with E-state index in [4.69, 9.17) is 10.1 Å². The van der Waals surface area contributed by atoms with Crippen LogP contribution in [0.5, 0.6) is 5.75 Å². The summed E-state index contributed by atoms with van der Waals surface area (Å²) >= 11 is 0. The number of anilines is 1. The summed E-state index contributed by atoms with van der Waals surface area (Å²) in [5, 5.41) is 14.7. The van der Waals surface area contributed by atoms with E-state index in [1.54, 1.807) is 12.1 Å². The van der Waals surface area contributed by atoms with Crippen LogP contribution in [0.15, 0.2) is 48.5 Å². The number of halogens is 1. The molecule has 0 aromatic heterocycles. The molecule has 0 saturated carbocycles. The third-order valence-electron chi connectivity index (χ3n) is 5.49. The first-order valence-corrected chi connectivity index (χ1v) is 11.3. The van der Waals surface area contributed by atoms with Gasteiger partial charge in [-0.05, 0) is 63.4 Å². The van der Waals surface area contributed by atoms with Crippen molar-refractivity contribution in [3.05, 3.63) is 59.9 Å². The molecule has 3 N–H and O–H groups in total. The van der Waals surface area contributed by atoms with Gasteiger partial charge < -0.3 is 20.3 Å². The lowest BCUT2D eigenvalue weighted by molar-refractivity contribution is -0.115. The number of rotatable bonds is 10. The fourth-order valence-corrected chi connectivity index (χ4v) is 3.83. The molecule has 3 rings (SSSR count). The predicted molar refractivity (Wildman–Crippen MR) is 126 cm³/mol. The van der Waals surface area contributed by atoms with E-state index in [-0.39, 0.29) is 29.5 Å². The van der Waals surface area contributed by atoms with Crippen molar-refractivity contribution in [2.45, 2.75) is 45.2 Å². The topological polar surface area (TPSA) is 77.5 Å². The number of carbonyl (C=O) groups excluding carboxylic acids is 1. The van der Waals surface area contributed by atoms with Gasteiger partial charge in [0.25, 0.3) is 5.91 Å². The molecule has 1 heterocycles. The van der Waals surface area contributed by atoms with Crippen LogP contribution in [0, 0.1) is 11.2 Å². The first-order chi connectivity index (χ1) is 15.4. The Labute approximate surface area is 189 Å². The number of carbonyl (C=O) groups is 1. The van der Waals surface area contributed by atoms with Gasteiger partial charge in [-0.2, -0.15) is 0 Å². The first kappa shape index (κ1) is 23.7. The molecule has 1 aliphatic rings. The Kier molecular flexibility index (Phi) is 8.62. The molecule has 2 aromatic rings.